The van der Waals surface area contributed by atoms with Gasteiger partial charge in [-0.3, -0.25) is 9.69 Å². The molecule has 1 amide bonds. The van der Waals surface area contributed by atoms with Crippen molar-refractivity contribution in [2.24, 2.45) is 0 Å². The van der Waals surface area contributed by atoms with Crippen LogP contribution < -0.4 is 4.90 Å². The molecule has 0 aliphatic carbocycles. The van der Waals surface area contributed by atoms with E-state index in [0.717, 1.165) is 30.8 Å². The number of carbonyl (C=O) groups is 1. The summed E-state index contributed by atoms with van der Waals surface area (Å²) in [5.41, 5.74) is 0.0398. The third-order valence-electron chi connectivity index (χ3n) is 4.78. The molecule has 1 N–H and O–H groups in total. The molecule has 0 bridgehead atoms. The highest BCUT2D eigenvalue weighted by Gasteiger charge is 2.37. The first-order chi connectivity index (χ1) is 11.9. The number of benzene rings is 1. The maximum atomic E-state index is 13.1. The zero-order chi connectivity index (χ0) is 17.9. The fraction of sp³-hybridized carbons (Fsp3) is 0.450. The molecule has 0 saturated carbocycles. The van der Waals surface area contributed by atoms with Crippen LogP contribution in [0.3, 0.4) is 0 Å². The smallest absolute Gasteiger partial charge is 0.241 e. The SMILES string of the molecule is CC(C)(O)C1CCCN1CC(=O)N(Cc1ccco1)c1ccccc1. The summed E-state index contributed by atoms with van der Waals surface area (Å²) in [6.07, 6.45) is 3.54. The van der Waals surface area contributed by atoms with Crippen LogP contribution in [0.1, 0.15) is 32.4 Å². The standard InChI is InChI=1S/C20H26N2O3/c1-20(2,24)18-11-6-12-21(18)15-19(23)22(14-17-10-7-13-25-17)16-8-4-3-5-9-16/h3-5,7-10,13,18,24H,6,11-12,14-15H2,1-2H3. The first kappa shape index (κ1) is 17.7. The van der Waals surface area contributed by atoms with Crippen molar-refractivity contribution < 1.29 is 14.3 Å². The second kappa shape index (κ2) is 7.42. The van der Waals surface area contributed by atoms with Gasteiger partial charge in [-0.1, -0.05) is 18.2 Å². The van der Waals surface area contributed by atoms with Gasteiger partial charge in [-0.2, -0.15) is 0 Å². The van der Waals surface area contributed by atoms with Crippen molar-refractivity contribution >= 4 is 11.6 Å². The molecule has 1 aromatic heterocycles. The van der Waals surface area contributed by atoms with Gasteiger partial charge < -0.3 is 14.4 Å². The third-order valence-corrected chi connectivity index (χ3v) is 4.78. The van der Waals surface area contributed by atoms with Gasteiger partial charge in [0.2, 0.25) is 5.91 Å². The molecule has 1 aromatic carbocycles. The lowest BCUT2D eigenvalue weighted by atomic mass is 9.97. The topological polar surface area (TPSA) is 56.9 Å². The maximum absolute atomic E-state index is 13.1. The van der Waals surface area contributed by atoms with Crippen LogP contribution in [0.15, 0.2) is 53.1 Å². The number of hydrogen-bond donors (Lipinski definition) is 1. The normalized spacial score (nSPS) is 18.4. The van der Waals surface area contributed by atoms with Crippen LogP contribution in [0.4, 0.5) is 5.69 Å². The second-order valence-electron chi connectivity index (χ2n) is 7.18. The van der Waals surface area contributed by atoms with Crippen LogP contribution in [0.5, 0.6) is 0 Å². The zero-order valence-corrected chi connectivity index (χ0v) is 14.9. The Hall–Kier alpha value is -2.11. The molecule has 1 saturated heterocycles. The number of nitrogens with zero attached hydrogens (tertiary/aromatic N) is 2. The van der Waals surface area contributed by atoms with E-state index in [9.17, 15) is 9.90 Å². The molecular weight excluding hydrogens is 316 g/mol. The number of amides is 1. The molecule has 0 radical (unpaired) electrons. The summed E-state index contributed by atoms with van der Waals surface area (Å²) in [7, 11) is 0. The Morgan fingerprint density at radius 3 is 2.68 bits per heavy atom. The van der Waals surface area contributed by atoms with E-state index >= 15 is 0 Å². The van der Waals surface area contributed by atoms with Gasteiger partial charge in [0.05, 0.1) is 25.0 Å². The monoisotopic (exact) mass is 342 g/mol. The summed E-state index contributed by atoms with van der Waals surface area (Å²) in [6.45, 7) is 5.17. The minimum Gasteiger partial charge on any atom is -0.467 e. The van der Waals surface area contributed by atoms with Gasteiger partial charge in [0.15, 0.2) is 0 Å². The van der Waals surface area contributed by atoms with Gasteiger partial charge in [0.1, 0.15) is 5.76 Å². The van der Waals surface area contributed by atoms with Gasteiger partial charge in [-0.15, -0.1) is 0 Å². The van der Waals surface area contributed by atoms with Gasteiger partial charge in [-0.25, -0.2) is 0 Å². The Morgan fingerprint density at radius 1 is 1.28 bits per heavy atom. The zero-order valence-electron chi connectivity index (χ0n) is 14.9. The lowest BCUT2D eigenvalue weighted by Crippen LogP contribution is -2.49. The predicted molar refractivity (Wildman–Crippen MR) is 97.2 cm³/mol. The summed E-state index contributed by atoms with van der Waals surface area (Å²) >= 11 is 0. The molecule has 3 rings (SSSR count). The first-order valence-electron chi connectivity index (χ1n) is 8.79. The van der Waals surface area contributed by atoms with Gasteiger partial charge >= 0.3 is 0 Å². The van der Waals surface area contributed by atoms with Crippen molar-refractivity contribution in [1.29, 1.82) is 0 Å². The van der Waals surface area contributed by atoms with E-state index < -0.39 is 5.60 Å². The Morgan fingerprint density at radius 2 is 2.04 bits per heavy atom. The number of hydrogen-bond acceptors (Lipinski definition) is 4. The van der Waals surface area contributed by atoms with Gasteiger partial charge in [-0.05, 0) is 57.5 Å². The fourth-order valence-corrected chi connectivity index (χ4v) is 3.56. The molecule has 5 heteroatoms. The van der Waals surface area contributed by atoms with Crippen LogP contribution in [0, 0.1) is 0 Å². The molecule has 2 aromatic rings. The van der Waals surface area contributed by atoms with Crippen molar-refractivity contribution in [1.82, 2.24) is 4.90 Å². The molecule has 134 valence electrons. The predicted octanol–water partition coefficient (Wildman–Crippen LogP) is 3.05. The molecule has 1 aliphatic rings. The van der Waals surface area contributed by atoms with Crippen LogP contribution in [0.2, 0.25) is 0 Å². The van der Waals surface area contributed by atoms with E-state index in [2.05, 4.69) is 4.90 Å². The largest absolute Gasteiger partial charge is 0.467 e. The maximum Gasteiger partial charge on any atom is 0.241 e. The van der Waals surface area contributed by atoms with Gasteiger partial charge in [0.25, 0.3) is 0 Å². The minimum atomic E-state index is -0.810. The number of carbonyl (C=O) groups excluding carboxylic acids is 1. The first-order valence-corrected chi connectivity index (χ1v) is 8.79. The Balaban J connectivity index is 1.77. The lowest BCUT2D eigenvalue weighted by molar-refractivity contribution is -0.121. The fourth-order valence-electron chi connectivity index (χ4n) is 3.56. The van der Waals surface area contributed by atoms with E-state index in [1.54, 1.807) is 11.2 Å². The summed E-state index contributed by atoms with van der Waals surface area (Å²) in [5.74, 6) is 0.761. The molecule has 1 atom stereocenters. The number of furan rings is 1. The van der Waals surface area contributed by atoms with Crippen molar-refractivity contribution in [3.63, 3.8) is 0 Å². The average molecular weight is 342 g/mol. The second-order valence-corrected chi connectivity index (χ2v) is 7.18. The van der Waals surface area contributed by atoms with Crippen LogP contribution in [-0.4, -0.2) is 40.6 Å². The van der Waals surface area contributed by atoms with Crippen LogP contribution >= 0.6 is 0 Å². The van der Waals surface area contributed by atoms with E-state index in [4.69, 9.17) is 4.42 Å². The Kier molecular flexibility index (Phi) is 5.25. The Bertz CT molecular complexity index is 677. The number of para-hydroxylation sites is 1. The molecule has 1 unspecified atom stereocenters. The number of aliphatic hydroxyl groups is 1. The lowest BCUT2D eigenvalue weighted by Gasteiger charge is -2.34. The molecule has 2 heterocycles. The average Bonchev–Trinajstić information content (AvgIpc) is 3.24. The van der Waals surface area contributed by atoms with E-state index in [1.165, 1.54) is 0 Å². The summed E-state index contributed by atoms with van der Waals surface area (Å²) < 4.78 is 5.43. The van der Waals surface area contributed by atoms with E-state index in [1.807, 2.05) is 56.3 Å². The Labute approximate surface area is 148 Å². The minimum absolute atomic E-state index is 0.0117. The highest BCUT2D eigenvalue weighted by atomic mass is 16.3. The molecule has 0 spiro atoms. The van der Waals surface area contributed by atoms with Crippen molar-refractivity contribution in [3.05, 3.63) is 54.5 Å². The molecule has 25 heavy (non-hydrogen) atoms. The quantitative estimate of drug-likeness (QED) is 0.877. The molecular formula is C20H26N2O3. The number of likely N-dealkylation sites (tertiary alicyclic amines) is 1. The third kappa shape index (κ3) is 4.30. The molecule has 1 aliphatic heterocycles. The highest BCUT2D eigenvalue weighted by Crippen LogP contribution is 2.27. The summed E-state index contributed by atoms with van der Waals surface area (Å²) in [5, 5.41) is 10.4. The van der Waals surface area contributed by atoms with Crippen molar-refractivity contribution in [3.8, 4) is 0 Å². The molecule has 1 fully saturated rings. The van der Waals surface area contributed by atoms with Gasteiger partial charge in [0, 0.05) is 11.7 Å². The van der Waals surface area contributed by atoms with E-state index in [0.29, 0.717) is 13.1 Å². The van der Waals surface area contributed by atoms with Crippen LogP contribution in [0.25, 0.3) is 0 Å². The van der Waals surface area contributed by atoms with E-state index in [-0.39, 0.29) is 11.9 Å². The van der Waals surface area contributed by atoms with Crippen molar-refractivity contribution in [2.75, 3.05) is 18.0 Å². The number of rotatable bonds is 6. The number of anilines is 1. The van der Waals surface area contributed by atoms with Crippen LogP contribution in [-0.2, 0) is 11.3 Å². The molecule has 5 nitrogen and oxygen atoms in total. The summed E-state index contributed by atoms with van der Waals surface area (Å²) in [6, 6.07) is 13.4. The summed E-state index contributed by atoms with van der Waals surface area (Å²) in [4.78, 5) is 16.9. The highest BCUT2D eigenvalue weighted by molar-refractivity contribution is 5.94. The van der Waals surface area contributed by atoms with Crippen molar-refractivity contribution in [2.45, 2.75) is 44.9 Å².